The van der Waals surface area contributed by atoms with Crippen LogP contribution in [0.15, 0.2) is 36.7 Å². The average Bonchev–Trinajstić information content (AvgIpc) is 2.83. The Morgan fingerprint density at radius 3 is 2.74 bits per heavy atom. The minimum absolute atomic E-state index is 0.0335. The maximum Gasteiger partial charge on any atom is 0.406 e. The summed E-state index contributed by atoms with van der Waals surface area (Å²) < 4.78 is 51.4. The fraction of sp³-hybridized carbons (Fsp3) is 0.333. The molecule has 1 aromatic heterocycles. The first kappa shape index (κ1) is 17.0. The third-order valence-corrected chi connectivity index (χ3v) is 3.20. The zero-order valence-corrected chi connectivity index (χ0v) is 12.3. The molecule has 2 aromatic rings. The molecule has 0 radical (unpaired) electrons. The van der Waals surface area contributed by atoms with Gasteiger partial charge in [-0.25, -0.2) is 9.37 Å². The molecule has 0 atom stereocenters. The number of hydrogen-bond donors (Lipinski definition) is 0. The summed E-state index contributed by atoms with van der Waals surface area (Å²) in [6.45, 7) is -1.22. The lowest BCUT2D eigenvalue weighted by atomic mass is 10.1. The molecule has 0 fully saturated rings. The van der Waals surface area contributed by atoms with Crippen molar-refractivity contribution in [3.05, 3.63) is 53.9 Å². The maximum absolute atomic E-state index is 13.1. The lowest BCUT2D eigenvalue weighted by Gasteiger charge is -2.18. The second kappa shape index (κ2) is 6.80. The van der Waals surface area contributed by atoms with Crippen LogP contribution in [0.5, 0.6) is 0 Å². The summed E-state index contributed by atoms with van der Waals surface area (Å²) in [6.07, 6.45) is -1.92. The van der Waals surface area contributed by atoms with Crippen molar-refractivity contribution < 1.29 is 22.4 Å². The van der Waals surface area contributed by atoms with Crippen molar-refractivity contribution in [1.29, 1.82) is 0 Å². The molecule has 4 nitrogen and oxygen atoms in total. The lowest BCUT2D eigenvalue weighted by Crippen LogP contribution is -2.30. The lowest BCUT2D eigenvalue weighted by molar-refractivity contribution is -0.141. The third kappa shape index (κ3) is 5.08. The molecule has 0 aliphatic rings. The van der Waals surface area contributed by atoms with Gasteiger partial charge < -0.3 is 9.47 Å². The number of carbonyl (C=O) groups is 1. The Morgan fingerprint density at radius 2 is 2.09 bits per heavy atom. The van der Waals surface area contributed by atoms with E-state index >= 15 is 0 Å². The predicted octanol–water partition coefficient (Wildman–Crippen LogP) is 2.79. The Hall–Kier alpha value is -2.38. The van der Waals surface area contributed by atoms with Gasteiger partial charge in [-0.15, -0.1) is 0 Å². The molecule has 1 amide bonds. The fourth-order valence-electron chi connectivity index (χ4n) is 2.09. The van der Waals surface area contributed by atoms with E-state index in [9.17, 15) is 22.4 Å². The van der Waals surface area contributed by atoms with Gasteiger partial charge in [0.2, 0.25) is 5.91 Å². The summed E-state index contributed by atoms with van der Waals surface area (Å²) in [6, 6.07) is 5.62. The van der Waals surface area contributed by atoms with E-state index < -0.39 is 18.5 Å². The first-order valence-electron chi connectivity index (χ1n) is 6.80. The summed E-state index contributed by atoms with van der Waals surface area (Å²) in [5.41, 5.74) is 0.500. The van der Waals surface area contributed by atoms with Gasteiger partial charge in [0.05, 0.1) is 13.0 Å². The van der Waals surface area contributed by atoms with Crippen LogP contribution in [0.25, 0.3) is 0 Å². The Morgan fingerprint density at radius 1 is 1.35 bits per heavy atom. The molecular formula is C15H15F4N3O. The summed E-state index contributed by atoms with van der Waals surface area (Å²) in [5, 5.41) is 0. The van der Waals surface area contributed by atoms with Gasteiger partial charge in [-0.1, -0.05) is 12.1 Å². The van der Waals surface area contributed by atoms with Gasteiger partial charge in [-0.2, -0.15) is 13.2 Å². The highest BCUT2D eigenvalue weighted by Gasteiger charge is 2.29. The van der Waals surface area contributed by atoms with E-state index in [2.05, 4.69) is 4.98 Å². The number of amides is 1. The number of aromatic nitrogens is 2. The molecule has 0 unspecified atom stereocenters. The number of alkyl halides is 3. The van der Waals surface area contributed by atoms with Crippen molar-refractivity contribution in [2.75, 3.05) is 7.05 Å². The number of rotatable bonds is 5. The van der Waals surface area contributed by atoms with Gasteiger partial charge in [-0.05, 0) is 17.7 Å². The van der Waals surface area contributed by atoms with Crippen LogP contribution < -0.4 is 0 Å². The second-order valence-corrected chi connectivity index (χ2v) is 5.14. The Labute approximate surface area is 130 Å². The number of carbonyl (C=O) groups excluding carboxylic acids is 1. The van der Waals surface area contributed by atoms with Crippen LogP contribution in [0, 0.1) is 5.82 Å². The van der Waals surface area contributed by atoms with Crippen molar-refractivity contribution in [2.45, 2.75) is 25.7 Å². The zero-order valence-electron chi connectivity index (χ0n) is 12.3. The Bertz CT molecular complexity index is 681. The minimum Gasteiger partial charge on any atom is -0.338 e. The van der Waals surface area contributed by atoms with E-state index in [0.29, 0.717) is 5.56 Å². The number of imidazole rings is 1. The smallest absolute Gasteiger partial charge is 0.338 e. The highest BCUT2D eigenvalue weighted by atomic mass is 19.4. The van der Waals surface area contributed by atoms with Crippen LogP contribution in [0.4, 0.5) is 17.6 Å². The monoisotopic (exact) mass is 329 g/mol. The van der Waals surface area contributed by atoms with Crippen LogP contribution in [0.3, 0.4) is 0 Å². The van der Waals surface area contributed by atoms with Crippen molar-refractivity contribution in [2.24, 2.45) is 0 Å². The molecular weight excluding hydrogens is 314 g/mol. The summed E-state index contributed by atoms with van der Waals surface area (Å²) in [7, 11) is 1.47. The maximum atomic E-state index is 13.1. The molecule has 0 aliphatic heterocycles. The van der Waals surface area contributed by atoms with E-state index in [1.165, 1.54) is 42.5 Å². The van der Waals surface area contributed by atoms with Gasteiger partial charge in [-0.3, -0.25) is 4.79 Å². The average molecular weight is 329 g/mol. The van der Waals surface area contributed by atoms with Gasteiger partial charge in [0.1, 0.15) is 18.2 Å². The summed E-state index contributed by atoms with van der Waals surface area (Å²) in [4.78, 5) is 17.2. The van der Waals surface area contributed by atoms with E-state index in [1.807, 2.05) is 0 Å². The van der Waals surface area contributed by atoms with Crippen molar-refractivity contribution in [3.63, 3.8) is 0 Å². The minimum atomic E-state index is -4.36. The van der Waals surface area contributed by atoms with E-state index in [1.54, 1.807) is 6.07 Å². The Kier molecular flexibility index (Phi) is 5.02. The van der Waals surface area contributed by atoms with E-state index in [-0.39, 0.29) is 24.7 Å². The number of hydrogen-bond acceptors (Lipinski definition) is 2. The standard InChI is InChI=1S/C15H15F4N3O/c1-21(14(23)8-11-3-2-4-12(16)7-11)9-13-20-5-6-22(13)10-15(17,18)19/h2-7H,8-10H2,1H3. The first-order valence-corrected chi connectivity index (χ1v) is 6.80. The molecule has 0 saturated heterocycles. The molecule has 0 bridgehead atoms. The van der Waals surface area contributed by atoms with Gasteiger partial charge in [0, 0.05) is 19.4 Å². The van der Waals surface area contributed by atoms with Crippen LogP contribution in [-0.4, -0.2) is 33.6 Å². The first-order chi connectivity index (χ1) is 10.7. The molecule has 8 heteroatoms. The molecule has 2 rings (SSSR count). The zero-order chi connectivity index (χ0) is 17.0. The summed E-state index contributed by atoms with van der Waals surface area (Å²) in [5.74, 6) is -0.645. The van der Waals surface area contributed by atoms with Crippen LogP contribution in [0.1, 0.15) is 11.4 Å². The SMILES string of the molecule is CN(Cc1nccn1CC(F)(F)F)C(=O)Cc1cccc(F)c1. The largest absolute Gasteiger partial charge is 0.406 e. The van der Waals surface area contributed by atoms with E-state index in [4.69, 9.17) is 0 Å². The highest BCUT2D eigenvalue weighted by molar-refractivity contribution is 5.78. The van der Waals surface area contributed by atoms with Crippen molar-refractivity contribution in [1.82, 2.24) is 14.5 Å². The molecule has 0 saturated carbocycles. The molecule has 124 valence electrons. The number of halogens is 4. The predicted molar refractivity (Wildman–Crippen MR) is 74.9 cm³/mol. The van der Waals surface area contributed by atoms with Crippen molar-refractivity contribution >= 4 is 5.91 Å². The van der Waals surface area contributed by atoms with E-state index in [0.717, 1.165) is 4.57 Å². The summed E-state index contributed by atoms with van der Waals surface area (Å²) >= 11 is 0. The molecule has 0 spiro atoms. The van der Waals surface area contributed by atoms with Crippen LogP contribution >= 0.6 is 0 Å². The Balaban J connectivity index is 2.00. The number of benzene rings is 1. The topological polar surface area (TPSA) is 38.1 Å². The fourth-order valence-corrected chi connectivity index (χ4v) is 2.09. The molecule has 0 aliphatic carbocycles. The van der Waals surface area contributed by atoms with Crippen LogP contribution in [-0.2, 0) is 24.3 Å². The quantitative estimate of drug-likeness (QED) is 0.791. The highest BCUT2D eigenvalue weighted by Crippen LogP contribution is 2.18. The number of likely N-dealkylation sites (N-methyl/N-ethyl adjacent to an activating group) is 1. The molecule has 1 aromatic carbocycles. The molecule has 23 heavy (non-hydrogen) atoms. The van der Waals surface area contributed by atoms with Gasteiger partial charge in [0.25, 0.3) is 0 Å². The normalized spacial score (nSPS) is 11.5. The second-order valence-electron chi connectivity index (χ2n) is 5.14. The van der Waals surface area contributed by atoms with Crippen LogP contribution in [0.2, 0.25) is 0 Å². The molecule has 1 heterocycles. The van der Waals surface area contributed by atoms with Crippen molar-refractivity contribution in [3.8, 4) is 0 Å². The van der Waals surface area contributed by atoms with Gasteiger partial charge >= 0.3 is 6.18 Å². The third-order valence-electron chi connectivity index (χ3n) is 3.20. The molecule has 0 N–H and O–H groups in total. The van der Waals surface area contributed by atoms with Gasteiger partial charge in [0.15, 0.2) is 0 Å². The number of nitrogens with zero attached hydrogens (tertiary/aromatic N) is 3.